The molecule has 0 saturated carbocycles. The summed E-state index contributed by atoms with van der Waals surface area (Å²) in [4.78, 5) is 11.9. The van der Waals surface area contributed by atoms with Gasteiger partial charge in [0.05, 0.1) is 23.9 Å². The molecular formula is C17H15NO2. The molecule has 0 saturated heterocycles. The highest BCUT2D eigenvalue weighted by Gasteiger charge is 2.16. The van der Waals surface area contributed by atoms with Gasteiger partial charge in [0.15, 0.2) is 0 Å². The van der Waals surface area contributed by atoms with Crippen molar-refractivity contribution in [2.24, 2.45) is 0 Å². The van der Waals surface area contributed by atoms with E-state index in [1.807, 2.05) is 47.0 Å². The summed E-state index contributed by atoms with van der Waals surface area (Å²) in [6.45, 7) is 2.06. The number of nitrogens with zero attached hydrogens (tertiary/aromatic N) is 1. The van der Waals surface area contributed by atoms with E-state index in [-0.39, 0.29) is 5.97 Å². The van der Waals surface area contributed by atoms with E-state index in [0.29, 0.717) is 5.56 Å². The Hall–Kier alpha value is -2.55. The lowest BCUT2D eigenvalue weighted by atomic mass is 10.1. The second-order valence-corrected chi connectivity index (χ2v) is 4.76. The van der Waals surface area contributed by atoms with E-state index in [9.17, 15) is 4.79 Å². The topological polar surface area (TPSA) is 30.7 Å². The van der Waals surface area contributed by atoms with Crippen LogP contribution in [0.15, 0.2) is 54.7 Å². The maximum Gasteiger partial charge on any atom is 0.340 e. The molecule has 100 valence electrons. The fourth-order valence-corrected chi connectivity index (χ4v) is 2.45. The molecule has 1 aromatic carbocycles. The standard InChI is InChI=1S/C17H15NO2/c1-12-6-5-7-13(10-12)16-11-14(17(19)20-2)15-8-3-4-9-18(15)16/h3-11H,1-2H3. The van der Waals surface area contributed by atoms with Crippen molar-refractivity contribution < 1.29 is 9.53 Å². The Bertz CT molecular complexity index is 787. The van der Waals surface area contributed by atoms with Crippen molar-refractivity contribution in [3.05, 3.63) is 65.9 Å². The number of aromatic nitrogens is 1. The van der Waals surface area contributed by atoms with Crippen LogP contribution in [0.1, 0.15) is 15.9 Å². The average Bonchev–Trinajstić information content (AvgIpc) is 2.86. The fourth-order valence-electron chi connectivity index (χ4n) is 2.45. The third-order valence-corrected chi connectivity index (χ3v) is 3.40. The molecular weight excluding hydrogens is 250 g/mol. The minimum atomic E-state index is -0.312. The van der Waals surface area contributed by atoms with E-state index in [0.717, 1.165) is 16.8 Å². The number of fused-ring (bicyclic) bond motifs is 1. The first-order chi connectivity index (χ1) is 9.70. The van der Waals surface area contributed by atoms with Gasteiger partial charge in [0.2, 0.25) is 0 Å². The first-order valence-electron chi connectivity index (χ1n) is 6.46. The van der Waals surface area contributed by atoms with E-state index in [4.69, 9.17) is 4.74 Å². The van der Waals surface area contributed by atoms with E-state index in [1.165, 1.54) is 12.7 Å². The lowest BCUT2D eigenvalue weighted by Gasteiger charge is -2.03. The Kier molecular flexibility index (Phi) is 3.03. The smallest absolute Gasteiger partial charge is 0.340 e. The van der Waals surface area contributed by atoms with Gasteiger partial charge in [0, 0.05) is 6.20 Å². The number of carbonyl (C=O) groups is 1. The summed E-state index contributed by atoms with van der Waals surface area (Å²) in [5.74, 6) is -0.312. The summed E-state index contributed by atoms with van der Waals surface area (Å²) in [6.07, 6.45) is 1.96. The zero-order valence-corrected chi connectivity index (χ0v) is 11.5. The number of aryl methyl sites for hydroxylation is 1. The molecule has 0 spiro atoms. The monoisotopic (exact) mass is 265 g/mol. The van der Waals surface area contributed by atoms with Crippen molar-refractivity contribution in [2.75, 3.05) is 7.11 Å². The zero-order chi connectivity index (χ0) is 14.1. The minimum Gasteiger partial charge on any atom is -0.465 e. The third kappa shape index (κ3) is 1.97. The van der Waals surface area contributed by atoms with Crippen LogP contribution in [0.2, 0.25) is 0 Å². The van der Waals surface area contributed by atoms with Crippen LogP contribution in [-0.2, 0) is 4.74 Å². The van der Waals surface area contributed by atoms with Gasteiger partial charge < -0.3 is 9.14 Å². The van der Waals surface area contributed by atoms with Gasteiger partial charge in [-0.2, -0.15) is 0 Å². The Morgan fingerprint density at radius 2 is 1.95 bits per heavy atom. The lowest BCUT2D eigenvalue weighted by Crippen LogP contribution is -1.99. The largest absolute Gasteiger partial charge is 0.465 e. The molecule has 3 heteroatoms. The third-order valence-electron chi connectivity index (χ3n) is 3.40. The second-order valence-electron chi connectivity index (χ2n) is 4.76. The van der Waals surface area contributed by atoms with Gasteiger partial charge in [-0.15, -0.1) is 0 Å². The van der Waals surface area contributed by atoms with Crippen LogP contribution >= 0.6 is 0 Å². The summed E-state index contributed by atoms with van der Waals surface area (Å²) in [5, 5.41) is 0. The number of benzene rings is 1. The van der Waals surface area contributed by atoms with Crippen LogP contribution in [0.25, 0.3) is 16.8 Å². The summed E-state index contributed by atoms with van der Waals surface area (Å²) in [5.41, 5.74) is 4.71. The summed E-state index contributed by atoms with van der Waals surface area (Å²) >= 11 is 0. The molecule has 0 aliphatic rings. The molecule has 0 amide bonds. The molecule has 3 aromatic rings. The van der Waals surface area contributed by atoms with Gasteiger partial charge in [-0.25, -0.2) is 4.79 Å². The molecule has 20 heavy (non-hydrogen) atoms. The lowest BCUT2D eigenvalue weighted by molar-refractivity contribution is 0.0603. The highest BCUT2D eigenvalue weighted by atomic mass is 16.5. The van der Waals surface area contributed by atoms with Crippen molar-refractivity contribution >= 4 is 11.5 Å². The van der Waals surface area contributed by atoms with Crippen molar-refractivity contribution in [3.63, 3.8) is 0 Å². The SMILES string of the molecule is COC(=O)c1cc(-c2cccc(C)c2)n2ccccc12. The van der Waals surface area contributed by atoms with Gasteiger partial charge in [0.25, 0.3) is 0 Å². The molecule has 0 atom stereocenters. The van der Waals surface area contributed by atoms with Gasteiger partial charge in [-0.05, 0) is 36.8 Å². The minimum absolute atomic E-state index is 0.312. The van der Waals surface area contributed by atoms with Crippen LogP contribution < -0.4 is 0 Å². The zero-order valence-electron chi connectivity index (χ0n) is 11.5. The molecule has 2 aromatic heterocycles. The highest BCUT2D eigenvalue weighted by Crippen LogP contribution is 2.27. The number of ether oxygens (including phenoxy) is 1. The molecule has 0 fully saturated rings. The Labute approximate surface area is 117 Å². The molecule has 0 aliphatic heterocycles. The maximum atomic E-state index is 11.9. The fraction of sp³-hybridized carbons (Fsp3) is 0.118. The number of esters is 1. The van der Waals surface area contributed by atoms with E-state index in [2.05, 4.69) is 19.1 Å². The van der Waals surface area contributed by atoms with Crippen molar-refractivity contribution in [1.29, 1.82) is 0 Å². The van der Waals surface area contributed by atoms with Gasteiger partial charge in [-0.3, -0.25) is 0 Å². The van der Waals surface area contributed by atoms with E-state index < -0.39 is 0 Å². The second kappa shape index (κ2) is 4.85. The van der Waals surface area contributed by atoms with Crippen LogP contribution in [0.4, 0.5) is 0 Å². The van der Waals surface area contributed by atoms with Crippen molar-refractivity contribution in [1.82, 2.24) is 4.40 Å². The molecule has 0 unspecified atom stereocenters. The van der Waals surface area contributed by atoms with Crippen molar-refractivity contribution in [3.8, 4) is 11.3 Å². The van der Waals surface area contributed by atoms with E-state index >= 15 is 0 Å². The van der Waals surface area contributed by atoms with Crippen molar-refractivity contribution in [2.45, 2.75) is 6.92 Å². The summed E-state index contributed by atoms with van der Waals surface area (Å²) < 4.78 is 6.88. The van der Waals surface area contributed by atoms with Gasteiger partial charge in [-0.1, -0.05) is 29.8 Å². The Morgan fingerprint density at radius 1 is 1.10 bits per heavy atom. The molecule has 2 heterocycles. The predicted molar refractivity (Wildman–Crippen MR) is 78.9 cm³/mol. The number of rotatable bonds is 2. The molecule has 0 bridgehead atoms. The molecule has 0 N–H and O–H groups in total. The maximum absolute atomic E-state index is 11.9. The Morgan fingerprint density at radius 3 is 2.70 bits per heavy atom. The summed E-state index contributed by atoms with van der Waals surface area (Å²) in [7, 11) is 1.40. The van der Waals surface area contributed by atoms with Crippen LogP contribution in [0.5, 0.6) is 0 Å². The predicted octanol–water partition coefficient (Wildman–Crippen LogP) is 3.70. The number of pyridine rings is 1. The van der Waals surface area contributed by atoms with E-state index in [1.54, 1.807) is 0 Å². The molecule has 3 rings (SSSR count). The molecule has 0 radical (unpaired) electrons. The number of hydrogen-bond acceptors (Lipinski definition) is 2. The first-order valence-corrected chi connectivity index (χ1v) is 6.46. The highest BCUT2D eigenvalue weighted by molar-refractivity contribution is 5.99. The van der Waals surface area contributed by atoms with Crippen LogP contribution in [0.3, 0.4) is 0 Å². The number of carbonyl (C=O) groups excluding carboxylic acids is 1. The van der Waals surface area contributed by atoms with Crippen LogP contribution in [-0.4, -0.2) is 17.5 Å². The normalized spacial score (nSPS) is 10.7. The first kappa shape index (κ1) is 12.5. The average molecular weight is 265 g/mol. The van der Waals surface area contributed by atoms with Crippen LogP contribution in [0, 0.1) is 6.92 Å². The molecule has 3 nitrogen and oxygen atoms in total. The Balaban J connectivity index is 2.29. The number of methoxy groups -OCH3 is 1. The van der Waals surface area contributed by atoms with Gasteiger partial charge >= 0.3 is 5.97 Å². The quantitative estimate of drug-likeness (QED) is 0.661. The molecule has 0 aliphatic carbocycles. The van der Waals surface area contributed by atoms with Gasteiger partial charge in [0.1, 0.15) is 0 Å². The summed E-state index contributed by atoms with van der Waals surface area (Å²) in [6, 6.07) is 15.9. The number of hydrogen-bond donors (Lipinski definition) is 0.